The fourth-order valence-corrected chi connectivity index (χ4v) is 2.77. The molecule has 2 aromatic carbocycles. The molecule has 0 aliphatic carbocycles. The number of aliphatic carboxylic acids is 1. The Hall–Kier alpha value is -2.29. The van der Waals surface area contributed by atoms with Crippen molar-refractivity contribution in [2.75, 3.05) is 0 Å². The monoisotopic (exact) mass is 340 g/mol. The summed E-state index contributed by atoms with van der Waals surface area (Å²) >= 11 is 0. The summed E-state index contributed by atoms with van der Waals surface area (Å²) in [6.45, 7) is 5.03. The maximum absolute atomic E-state index is 10.5. The molecule has 0 aliphatic heterocycles. The Morgan fingerprint density at radius 1 is 0.920 bits per heavy atom. The van der Waals surface area contributed by atoms with Crippen LogP contribution in [-0.2, 0) is 24.2 Å². The van der Waals surface area contributed by atoms with Gasteiger partial charge in [-0.05, 0) is 60.4 Å². The van der Waals surface area contributed by atoms with Crippen molar-refractivity contribution >= 4 is 5.97 Å². The van der Waals surface area contributed by atoms with Gasteiger partial charge >= 0.3 is 5.97 Å². The zero-order valence-corrected chi connectivity index (χ0v) is 15.2. The number of aryl methyl sites for hydroxylation is 1. The molecule has 25 heavy (non-hydrogen) atoms. The standard InChI is InChI=1S/C22H28O3/c1-17(2)15-19-7-9-20(10-8-19)16-25-21-13-11-18(12-14-21)5-3-4-6-22(23)24/h7-14,17H,3-6,15-16H2,1-2H3,(H,23,24). The predicted octanol–water partition coefficient (Wildman–Crippen LogP) is 5.26. The second kappa shape index (κ2) is 9.87. The van der Waals surface area contributed by atoms with E-state index in [9.17, 15) is 4.79 Å². The van der Waals surface area contributed by atoms with Gasteiger partial charge in [-0.3, -0.25) is 4.79 Å². The van der Waals surface area contributed by atoms with Crippen molar-refractivity contribution in [1.29, 1.82) is 0 Å². The summed E-state index contributed by atoms with van der Waals surface area (Å²) in [4.78, 5) is 10.5. The zero-order chi connectivity index (χ0) is 18.1. The van der Waals surface area contributed by atoms with Gasteiger partial charge in [0.05, 0.1) is 0 Å². The van der Waals surface area contributed by atoms with Crippen molar-refractivity contribution in [3.8, 4) is 5.75 Å². The lowest BCUT2D eigenvalue weighted by molar-refractivity contribution is -0.137. The van der Waals surface area contributed by atoms with E-state index in [0.29, 0.717) is 12.5 Å². The molecule has 0 aromatic heterocycles. The number of hydrogen-bond acceptors (Lipinski definition) is 2. The Morgan fingerprint density at radius 2 is 1.52 bits per heavy atom. The van der Waals surface area contributed by atoms with Crippen LogP contribution in [0.5, 0.6) is 5.75 Å². The molecule has 134 valence electrons. The number of hydrogen-bond donors (Lipinski definition) is 1. The molecule has 0 saturated carbocycles. The Kier molecular flexibility index (Phi) is 7.52. The number of carboxylic acids is 1. The Balaban J connectivity index is 1.76. The minimum absolute atomic E-state index is 0.247. The van der Waals surface area contributed by atoms with Gasteiger partial charge < -0.3 is 9.84 Å². The average molecular weight is 340 g/mol. The molecule has 0 atom stereocenters. The first-order valence-electron chi connectivity index (χ1n) is 9.04. The molecule has 0 amide bonds. The van der Waals surface area contributed by atoms with E-state index in [-0.39, 0.29) is 6.42 Å². The summed E-state index contributed by atoms with van der Waals surface area (Å²) in [6, 6.07) is 16.7. The van der Waals surface area contributed by atoms with Crippen LogP contribution in [0.4, 0.5) is 0 Å². The summed E-state index contributed by atoms with van der Waals surface area (Å²) in [7, 11) is 0. The van der Waals surface area contributed by atoms with Gasteiger partial charge in [0.25, 0.3) is 0 Å². The molecule has 2 rings (SSSR count). The van der Waals surface area contributed by atoms with Crippen molar-refractivity contribution in [2.45, 2.75) is 52.6 Å². The highest BCUT2D eigenvalue weighted by Gasteiger charge is 2.01. The Morgan fingerprint density at radius 3 is 2.12 bits per heavy atom. The fourth-order valence-electron chi connectivity index (χ4n) is 2.77. The highest BCUT2D eigenvalue weighted by atomic mass is 16.5. The molecule has 0 heterocycles. The SMILES string of the molecule is CC(C)Cc1ccc(COc2ccc(CCCCC(=O)O)cc2)cc1. The summed E-state index contributed by atoms with van der Waals surface area (Å²) in [6.07, 6.45) is 3.88. The first-order valence-corrected chi connectivity index (χ1v) is 9.04. The predicted molar refractivity (Wildman–Crippen MR) is 101 cm³/mol. The van der Waals surface area contributed by atoms with E-state index in [0.717, 1.165) is 31.4 Å². The number of ether oxygens (including phenoxy) is 1. The maximum atomic E-state index is 10.5. The first kappa shape index (κ1) is 19.0. The van der Waals surface area contributed by atoms with Crippen LogP contribution in [0, 0.1) is 5.92 Å². The summed E-state index contributed by atoms with van der Waals surface area (Å²) < 4.78 is 5.85. The van der Waals surface area contributed by atoms with Gasteiger partial charge in [0.15, 0.2) is 0 Å². The molecule has 0 fully saturated rings. The lowest BCUT2D eigenvalue weighted by Crippen LogP contribution is -1.98. The van der Waals surface area contributed by atoms with Crippen LogP contribution in [-0.4, -0.2) is 11.1 Å². The van der Waals surface area contributed by atoms with Crippen LogP contribution in [0.2, 0.25) is 0 Å². The van der Waals surface area contributed by atoms with E-state index >= 15 is 0 Å². The first-order chi connectivity index (χ1) is 12.0. The van der Waals surface area contributed by atoms with Crippen LogP contribution in [0.25, 0.3) is 0 Å². The van der Waals surface area contributed by atoms with E-state index in [2.05, 4.69) is 50.2 Å². The van der Waals surface area contributed by atoms with Crippen LogP contribution < -0.4 is 4.74 Å². The Labute approximate surface area is 150 Å². The van der Waals surface area contributed by atoms with E-state index in [1.807, 2.05) is 12.1 Å². The number of carbonyl (C=O) groups is 1. The minimum Gasteiger partial charge on any atom is -0.489 e. The second-order valence-corrected chi connectivity index (χ2v) is 6.95. The third kappa shape index (κ3) is 7.42. The van der Waals surface area contributed by atoms with Crippen molar-refractivity contribution in [1.82, 2.24) is 0 Å². The molecule has 0 bridgehead atoms. The molecule has 0 aliphatic rings. The fraction of sp³-hybridized carbons (Fsp3) is 0.409. The summed E-state index contributed by atoms with van der Waals surface area (Å²) in [5.74, 6) is 0.811. The quantitative estimate of drug-likeness (QED) is 0.600. The van der Waals surface area contributed by atoms with E-state index in [4.69, 9.17) is 9.84 Å². The van der Waals surface area contributed by atoms with E-state index in [1.54, 1.807) is 0 Å². The highest BCUT2D eigenvalue weighted by molar-refractivity contribution is 5.66. The largest absolute Gasteiger partial charge is 0.489 e. The highest BCUT2D eigenvalue weighted by Crippen LogP contribution is 2.17. The van der Waals surface area contributed by atoms with Gasteiger partial charge in [0, 0.05) is 6.42 Å². The second-order valence-electron chi connectivity index (χ2n) is 6.95. The lowest BCUT2D eigenvalue weighted by Gasteiger charge is -2.09. The number of benzene rings is 2. The van der Waals surface area contributed by atoms with Gasteiger partial charge in [-0.25, -0.2) is 0 Å². The molecule has 0 radical (unpaired) electrons. The third-order valence-corrected chi connectivity index (χ3v) is 4.10. The van der Waals surface area contributed by atoms with E-state index in [1.165, 1.54) is 16.7 Å². The van der Waals surface area contributed by atoms with Crippen LogP contribution >= 0.6 is 0 Å². The van der Waals surface area contributed by atoms with Crippen LogP contribution in [0.15, 0.2) is 48.5 Å². The zero-order valence-electron chi connectivity index (χ0n) is 15.2. The van der Waals surface area contributed by atoms with Crippen molar-refractivity contribution in [3.05, 3.63) is 65.2 Å². The van der Waals surface area contributed by atoms with Gasteiger partial charge in [-0.1, -0.05) is 50.2 Å². The maximum Gasteiger partial charge on any atom is 0.303 e. The molecule has 0 spiro atoms. The minimum atomic E-state index is -0.721. The summed E-state index contributed by atoms with van der Waals surface area (Å²) in [5, 5.41) is 8.64. The van der Waals surface area contributed by atoms with Crippen molar-refractivity contribution in [2.24, 2.45) is 5.92 Å². The molecule has 2 aromatic rings. The van der Waals surface area contributed by atoms with E-state index < -0.39 is 5.97 Å². The molecule has 3 heteroatoms. The third-order valence-electron chi connectivity index (χ3n) is 4.10. The normalized spacial score (nSPS) is 10.8. The number of carboxylic acid groups (broad SMARTS) is 1. The topological polar surface area (TPSA) is 46.5 Å². The molecule has 1 N–H and O–H groups in total. The molecule has 0 unspecified atom stereocenters. The van der Waals surface area contributed by atoms with Crippen LogP contribution in [0.1, 0.15) is 49.8 Å². The van der Waals surface area contributed by atoms with Crippen molar-refractivity contribution < 1.29 is 14.6 Å². The summed E-state index contributed by atoms with van der Waals surface area (Å²) in [5.41, 5.74) is 3.76. The molecule has 3 nitrogen and oxygen atoms in total. The van der Waals surface area contributed by atoms with Gasteiger partial charge in [-0.2, -0.15) is 0 Å². The van der Waals surface area contributed by atoms with Gasteiger partial charge in [-0.15, -0.1) is 0 Å². The Bertz CT molecular complexity index is 642. The molecular weight excluding hydrogens is 312 g/mol. The van der Waals surface area contributed by atoms with Crippen LogP contribution in [0.3, 0.4) is 0 Å². The number of rotatable bonds is 10. The van der Waals surface area contributed by atoms with Gasteiger partial charge in [0.2, 0.25) is 0 Å². The number of unbranched alkanes of at least 4 members (excludes halogenated alkanes) is 1. The average Bonchev–Trinajstić information content (AvgIpc) is 2.58. The smallest absolute Gasteiger partial charge is 0.303 e. The van der Waals surface area contributed by atoms with Crippen molar-refractivity contribution in [3.63, 3.8) is 0 Å². The van der Waals surface area contributed by atoms with Gasteiger partial charge in [0.1, 0.15) is 12.4 Å². The molecule has 0 saturated heterocycles. The lowest BCUT2D eigenvalue weighted by atomic mass is 10.0. The molecular formula is C22H28O3.